The van der Waals surface area contributed by atoms with E-state index in [1.54, 1.807) is 0 Å². The number of rotatable bonds is 1. The van der Waals surface area contributed by atoms with Crippen LogP contribution in [0.15, 0.2) is 0 Å². The van der Waals surface area contributed by atoms with Crippen molar-refractivity contribution in [2.24, 2.45) is 0 Å². The summed E-state index contributed by atoms with van der Waals surface area (Å²) in [6.45, 7) is -0.0232. The maximum absolute atomic E-state index is 9.35. The van der Waals surface area contributed by atoms with Gasteiger partial charge in [0, 0.05) is 13.1 Å². The van der Waals surface area contributed by atoms with Crippen LogP contribution in [0.5, 0.6) is 0 Å². The molecule has 0 unspecified atom stereocenters. The average Bonchev–Trinajstić information content (AvgIpc) is 1.96. The third-order valence-electron chi connectivity index (χ3n) is 1.71. The Balaban J connectivity index is 2.54. The fourth-order valence-corrected chi connectivity index (χ4v) is 0.853. The molecule has 1 aliphatic rings. The van der Waals surface area contributed by atoms with Gasteiger partial charge in [-0.25, -0.2) is 0 Å². The first-order valence-electron chi connectivity index (χ1n) is 3.16. The van der Waals surface area contributed by atoms with Crippen molar-refractivity contribution >= 4 is 0 Å². The van der Waals surface area contributed by atoms with Crippen LogP contribution >= 0.6 is 0 Å². The highest BCUT2D eigenvalue weighted by Crippen LogP contribution is 2.10. The Bertz CT molecular complexity index is 121. The SMILES string of the molecule is OC[C@]1(O)CNNC[C@@H]1O. The van der Waals surface area contributed by atoms with Crippen molar-refractivity contribution in [2.75, 3.05) is 19.7 Å². The predicted molar refractivity (Wildman–Crippen MR) is 34.0 cm³/mol. The van der Waals surface area contributed by atoms with Gasteiger partial charge in [0.15, 0.2) is 0 Å². The molecule has 5 N–H and O–H groups in total. The molecule has 0 bridgehead atoms. The van der Waals surface area contributed by atoms with Crippen LogP contribution in [-0.2, 0) is 0 Å². The minimum absolute atomic E-state index is 0.157. The number of hydrogen-bond donors (Lipinski definition) is 5. The number of β-amino-alcohol motifs (C(OH)–C–C–N with tert-alkyl or cyclic N) is 2. The summed E-state index contributed by atoms with van der Waals surface area (Å²) in [5.74, 6) is 0. The van der Waals surface area contributed by atoms with E-state index in [1.165, 1.54) is 0 Å². The van der Waals surface area contributed by atoms with Crippen LogP contribution in [0, 0.1) is 0 Å². The lowest BCUT2D eigenvalue weighted by atomic mass is 9.96. The van der Waals surface area contributed by atoms with E-state index in [2.05, 4.69) is 10.9 Å². The fourth-order valence-electron chi connectivity index (χ4n) is 0.853. The minimum atomic E-state index is -1.38. The van der Waals surface area contributed by atoms with Gasteiger partial charge in [0.05, 0.1) is 6.61 Å². The zero-order valence-corrected chi connectivity index (χ0v) is 5.54. The van der Waals surface area contributed by atoms with E-state index < -0.39 is 18.3 Å². The molecular weight excluding hydrogens is 136 g/mol. The molecule has 1 rings (SSSR count). The maximum atomic E-state index is 9.35. The largest absolute Gasteiger partial charge is 0.393 e. The lowest BCUT2D eigenvalue weighted by Gasteiger charge is -2.35. The molecule has 0 aliphatic carbocycles. The zero-order chi connectivity index (χ0) is 7.61. The lowest BCUT2D eigenvalue weighted by Crippen LogP contribution is -2.64. The smallest absolute Gasteiger partial charge is 0.128 e. The Hall–Kier alpha value is -0.200. The molecule has 2 atom stereocenters. The van der Waals surface area contributed by atoms with Crippen LogP contribution in [0.2, 0.25) is 0 Å². The molecule has 1 aliphatic heterocycles. The Morgan fingerprint density at radius 3 is 2.60 bits per heavy atom. The number of aliphatic hydroxyl groups is 3. The first-order chi connectivity index (χ1) is 4.69. The van der Waals surface area contributed by atoms with Gasteiger partial charge in [-0.1, -0.05) is 0 Å². The topological polar surface area (TPSA) is 84.8 Å². The molecule has 0 aromatic heterocycles. The molecule has 0 aromatic rings. The van der Waals surface area contributed by atoms with Crippen LogP contribution in [0.1, 0.15) is 0 Å². The van der Waals surface area contributed by atoms with E-state index in [1.807, 2.05) is 0 Å². The van der Waals surface area contributed by atoms with E-state index in [-0.39, 0.29) is 13.1 Å². The van der Waals surface area contributed by atoms with Gasteiger partial charge >= 0.3 is 0 Å². The molecule has 5 heteroatoms. The second kappa shape index (κ2) is 2.81. The molecular formula is C5H12N2O3. The third-order valence-corrected chi connectivity index (χ3v) is 1.71. The standard InChI is InChI=1S/C5H12N2O3/c8-3-5(10)2-7-6-1-4(5)9/h4,6-10H,1-3H2/t4-,5+/m0/s1. The Morgan fingerprint density at radius 2 is 2.20 bits per heavy atom. The quantitative estimate of drug-likeness (QED) is 0.277. The van der Waals surface area contributed by atoms with Crippen molar-refractivity contribution in [3.05, 3.63) is 0 Å². The van der Waals surface area contributed by atoms with E-state index >= 15 is 0 Å². The number of nitrogens with one attached hydrogen (secondary N) is 2. The van der Waals surface area contributed by atoms with Crippen molar-refractivity contribution in [3.63, 3.8) is 0 Å². The predicted octanol–water partition coefficient (Wildman–Crippen LogP) is -2.82. The highest BCUT2D eigenvalue weighted by Gasteiger charge is 2.37. The Labute approximate surface area is 58.6 Å². The second-order valence-electron chi connectivity index (χ2n) is 2.51. The molecule has 1 heterocycles. The van der Waals surface area contributed by atoms with Crippen LogP contribution in [-0.4, -0.2) is 46.7 Å². The summed E-state index contributed by atoms with van der Waals surface area (Å²) in [5, 5.41) is 27.1. The van der Waals surface area contributed by atoms with Crippen LogP contribution in [0.3, 0.4) is 0 Å². The van der Waals surface area contributed by atoms with Gasteiger partial charge in [0.1, 0.15) is 11.7 Å². The fraction of sp³-hybridized carbons (Fsp3) is 1.00. The van der Waals surface area contributed by atoms with Gasteiger partial charge in [-0.05, 0) is 0 Å². The minimum Gasteiger partial charge on any atom is -0.393 e. The Kier molecular flexibility index (Phi) is 2.22. The van der Waals surface area contributed by atoms with Crippen LogP contribution in [0.25, 0.3) is 0 Å². The van der Waals surface area contributed by atoms with Crippen molar-refractivity contribution in [1.29, 1.82) is 0 Å². The average molecular weight is 148 g/mol. The van der Waals surface area contributed by atoms with Crippen molar-refractivity contribution < 1.29 is 15.3 Å². The molecule has 0 radical (unpaired) electrons. The van der Waals surface area contributed by atoms with E-state index in [4.69, 9.17) is 10.2 Å². The first kappa shape index (κ1) is 7.90. The molecule has 5 nitrogen and oxygen atoms in total. The number of hydrazine groups is 1. The summed E-state index contributed by atoms with van der Waals surface area (Å²) in [5.41, 5.74) is 3.91. The summed E-state index contributed by atoms with van der Waals surface area (Å²) < 4.78 is 0. The summed E-state index contributed by atoms with van der Waals surface area (Å²) in [4.78, 5) is 0. The third kappa shape index (κ3) is 1.28. The summed E-state index contributed by atoms with van der Waals surface area (Å²) in [6.07, 6.45) is -0.904. The van der Waals surface area contributed by atoms with Crippen molar-refractivity contribution in [3.8, 4) is 0 Å². The molecule has 10 heavy (non-hydrogen) atoms. The first-order valence-corrected chi connectivity index (χ1v) is 3.16. The Morgan fingerprint density at radius 1 is 1.50 bits per heavy atom. The van der Waals surface area contributed by atoms with Gasteiger partial charge in [-0.2, -0.15) is 0 Å². The van der Waals surface area contributed by atoms with Gasteiger partial charge in [0.2, 0.25) is 0 Å². The monoisotopic (exact) mass is 148 g/mol. The summed E-state index contributed by atoms with van der Waals surface area (Å²) in [6, 6.07) is 0. The number of hydrogen-bond acceptors (Lipinski definition) is 5. The van der Waals surface area contributed by atoms with Crippen molar-refractivity contribution in [1.82, 2.24) is 10.9 Å². The van der Waals surface area contributed by atoms with E-state index in [0.717, 1.165) is 0 Å². The van der Waals surface area contributed by atoms with E-state index in [0.29, 0.717) is 0 Å². The van der Waals surface area contributed by atoms with Gasteiger partial charge in [-0.15, -0.1) is 0 Å². The van der Waals surface area contributed by atoms with Crippen LogP contribution < -0.4 is 10.9 Å². The molecule has 0 spiro atoms. The summed E-state index contributed by atoms with van der Waals surface area (Å²) >= 11 is 0. The van der Waals surface area contributed by atoms with E-state index in [9.17, 15) is 5.11 Å². The normalized spacial score (nSPS) is 41.7. The van der Waals surface area contributed by atoms with Gasteiger partial charge in [0.25, 0.3) is 0 Å². The zero-order valence-electron chi connectivity index (χ0n) is 5.54. The summed E-state index contributed by atoms with van der Waals surface area (Å²) in [7, 11) is 0. The molecule has 1 saturated heterocycles. The van der Waals surface area contributed by atoms with Crippen LogP contribution in [0.4, 0.5) is 0 Å². The van der Waals surface area contributed by atoms with Gasteiger partial charge in [-0.3, -0.25) is 10.9 Å². The second-order valence-corrected chi connectivity index (χ2v) is 2.51. The molecule has 0 aromatic carbocycles. The maximum Gasteiger partial charge on any atom is 0.128 e. The molecule has 0 amide bonds. The highest BCUT2D eigenvalue weighted by atomic mass is 16.4. The number of aliphatic hydroxyl groups excluding tert-OH is 2. The molecule has 1 fully saturated rings. The molecule has 60 valence electrons. The lowest BCUT2D eigenvalue weighted by molar-refractivity contribution is -0.118. The van der Waals surface area contributed by atoms with Crippen molar-refractivity contribution in [2.45, 2.75) is 11.7 Å². The molecule has 0 saturated carbocycles. The van der Waals surface area contributed by atoms with Gasteiger partial charge < -0.3 is 15.3 Å². The highest BCUT2D eigenvalue weighted by molar-refractivity contribution is 4.91.